The standard InChI is InChI=1S/C31H38N4O4S/c1-19(2)39-27-11-8-21(17-26(27)32-3)30-33-18-28(40-30)24-7-5-6-23-22(24)9-10-25(23)34-31(37)35-14-12-20(13-15-35)16-29(36)38-4/h5-8,11,17-20,25,32H,9-10,12-16H2,1-4H3,(H,34,37). The number of urea groups is 1. The van der Waals surface area contributed by atoms with Crippen LogP contribution in [0.5, 0.6) is 5.75 Å². The summed E-state index contributed by atoms with van der Waals surface area (Å²) in [6, 6.07) is 12.5. The van der Waals surface area contributed by atoms with Crippen LogP contribution in [0.4, 0.5) is 10.5 Å². The van der Waals surface area contributed by atoms with Gasteiger partial charge in [-0.1, -0.05) is 18.2 Å². The van der Waals surface area contributed by atoms with Gasteiger partial charge in [0.25, 0.3) is 0 Å². The zero-order valence-corrected chi connectivity index (χ0v) is 24.5. The van der Waals surface area contributed by atoms with Crippen LogP contribution in [0.3, 0.4) is 0 Å². The van der Waals surface area contributed by atoms with Crippen molar-refractivity contribution in [3.63, 3.8) is 0 Å². The lowest BCUT2D eigenvalue weighted by Crippen LogP contribution is -2.45. The van der Waals surface area contributed by atoms with Crippen LogP contribution in [0.2, 0.25) is 0 Å². The molecule has 3 aromatic rings. The fraction of sp³-hybridized carbons (Fsp3) is 0.452. The van der Waals surface area contributed by atoms with Gasteiger partial charge in [-0.25, -0.2) is 9.78 Å². The van der Waals surface area contributed by atoms with Crippen LogP contribution in [0.25, 0.3) is 21.0 Å². The average molecular weight is 563 g/mol. The fourth-order valence-corrected chi connectivity index (χ4v) is 6.65. The number of nitrogens with zero attached hydrogens (tertiary/aromatic N) is 2. The molecule has 0 saturated carbocycles. The first-order valence-electron chi connectivity index (χ1n) is 14.0. The Labute approximate surface area is 240 Å². The molecule has 0 spiro atoms. The largest absolute Gasteiger partial charge is 0.489 e. The van der Waals surface area contributed by atoms with Crippen molar-refractivity contribution in [1.29, 1.82) is 0 Å². The Morgan fingerprint density at radius 1 is 1.15 bits per heavy atom. The second-order valence-electron chi connectivity index (χ2n) is 10.8. The van der Waals surface area contributed by atoms with Crippen molar-refractivity contribution in [2.75, 3.05) is 32.6 Å². The maximum Gasteiger partial charge on any atom is 0.317 e. The number of anilines is 1. The molecule has 1 aromatic heterocycles. The SMILES string of the molecule is CNc1cc(-c2ncc(-c3cccc4c3CCC4NC(=O)N3CCC(CC(=O)OC)CC3)s2)ccc1OC(C)C. The van der Waals surface area contributed by atoms with Gasteiger partial charge in [-0.15, -0.1) is 11.3 Å². The van der Waals surface area contributed by atoms with Gasteiger partial charge >= 0.3 is 12.0 Å². The Morgan fingerprint density at radius 3 is 2.67 bits per heavy atom. The Balaban J connectivity index is 1.27. The summed E-state index contributed by atoms with van der Waals surface area (Å²) >= 11 is 1.68. The first-order chi connectivity index (χ1) is 19.4. The van der Waals surface area contributed by atoms with Gasteiger partial charge in [0.2, 0.25) is 0 Å². The summed E-state index contributed by atoms with van der Waals surface area (Å²) in [5.74, 6) is 0.940. The number of hydrogen-bond donors (Lipinski definition) is 2. The van der Waals surface area contributed by atoms with E-state index in [4.69, 9.17) is 14.5 Å². The number of aromatic nitrogens is 1. The first-order valence-corrected chi connectivity index (χ1v) is 14.9. The van der Waals surface area contributed by atoms with Crippen LogP contribution in [0.1, 0.15) is 56.7 Å². The normalized spacial score (nSPS) is 17.0. The first kappa shape index (κ1) is 28.0. The number of benzene rings is 2. The number of rotatable bonds is 8. The maximum atomic E-state index is 13.1. The van der Waals surface area contributed by atoms with Crippen molar-refractivity contribution < 1.29 is 19.1 Å². The number of hydrogen-bond acceptors (Lipinski definition) is 7. The summed E-state index contributed by atoms with van der Waals surface area (Å²) in [6.45, 7) is 5.37. The molecule has 2 N–H and O–H groups in total. The molecule has 2 aromatic carbocycles. The number of esters is 1. The predicted octanol–water partition coefficient (Wildman–Crippen LogP) is 6.28. The minimum Gasteiger partial charge on any atom is -0.489 e. The number of carbonyl (C=O) groups is 2. The molecule has 0 bridgehead atoms. The molecule has 1 unspecified atom stereocenters. The maximum absolute atomic E-state index is 13.1. The number of methoxy groups -OCH3 is 1. The molecule has 2 heterocycles. The van der Waals surface area contributed by atoms with Crippen LogP contribution in [-0.2, 0) is 16.0 Å². The summed E-state index contributed by atoms with van der Waals surface area (Å²) < 4.78 is 10.7. The molecule has 1 aliphatic heterocycles. The second kappa shape index (κ2) is 12.3. The minimum absolute atomic E-state index is 0.00526. The lowest BCUT2D eigenvalue weighted by atomic mass is 9.94. The van der Waals surface area contributed by atoms with Gasteiger partial charge in [0.05, 0.1) is 29.8 Å². The zero-order chi connectivity index (χ0) is 28.2. The van der Waals surface area contributed by atoms with Crippen LogP contribution in [0, 0.1) is 5.92 Å². The van der Waals surface area contributed by atoms with Crippen LogP contribution in [-0.4, -0.2) is 55.2 Å². The number of piperidine rings is 1. The highest BCUT2D eigenvalue weighted by molar-refractivity contribution is 7.18. The van der Waals surface area contributed by atoms with E-state index in [1.165, 1.54) is 23.8 Å². The molecule has 1 atom stereocenters. The van der Waals surface area contributed by atoms with Gasteiger partial charge in [-0.3, -0.25) is 4.79 Å². The van der Waals surface area contributed by atoms with E-state index in [1.54, 1.807) is 11.3 Å². The summed E-state index contributed by atoms with van der Waals surface area (Å²) in [7, 11) is 3.32. The Hall–Kier alpha value is -3.59. The van der Waals surface area contributed by atoms with Crippen molar-refractivity contribution in [3.8, 4) is 26.8 Å². The third-order valence-electron chi connectivity index (χ3n) is 7.78. The number of thiazole rings is 1. The summed E-state index contributed by atoms with van der Waals surface area (Å²) in [4.78, 5) is 32.4. The highest BCUT2D eigenvalue weighted by atomic mass is 32.1. The Bertz CT molecular complexity index is 1360. The van der Waals surface area contributed by atoms with Gasteiger partial charge < -0.3 is 25.0 Å². The third kappa shape index (κ3) is 6.09. The van der Waals surface area contributed by atoms with E-state index < -0.39 is 0 Å². The molecule has 5 rings (SSSR count). The summed E-state index contributed by atoms with van der Waals surface area (Å²) in [6.07, 6.45) is 5.93. The highest BCUT2D eigenvalue weighted by Gasteiger charge is 2.30. The second-order valence-corrected chi connectivity index (χ2v) is 11.8. The number of carbonyl (C=O) groups excluding carboxylic acids is 2. The Morgan fingerprint density at radius 2 is 1.95 bits per heavy atom. The molecule has 1 aliphatic carbocycles. The Kier molecular flexibility index (Phi) is 8.59. The van der Waals surface area contributed by atoms with Crippen molar-refractivity contribution in [3.05, 3.63) is 53.7 Å². The molecular weight excluding hydrogens is 524 g/mol. The number of likely N-dealkylation sites (tertiary alicyclic amines) is 1. The quantitative estimate of drug-likeness (QED) is 0.314. The molecular formula is C31H38N4O4S. The molecule has 0 radical (unpaired) electrons. The van der Waals surface area contributed by atoms with E-state index in [1.807, 2.05) is 38.1 Å². The lowest BCUT2D eigenvalue weighted by Gasteiger charge is -2.32. The van der Waals surface area contributed by atoms with Gasteiger partial charge in [-0.2, -0.15) is 0 Å². The molecule has 9 heteroatoms. The van der Waals surface area contributed by atoms with Gasteiger partial charge in [0.15, 0.2) is 0 Å². The smallest absolute Gasteiger partial charge is 0.317 e. The zero-order valence-electron chi connectivity index (χ0n) is 23.7. The van der Waals surface area contributed by atoms with E-state index in [0.717, 1.165) is 52.6 Å². The number of fused-ring (bicyclic) bond motifs is 1. The van der Waals surface area contributed by atoms with Crippen molar-refractivity contribution in [2.24, 2.45) is 5.92 Å². The van der Waals surface area contributed by atoms with E-state index in [0.29, 0.717) is 19.5 Å². The van der Waals surface area contributed by atoms with E-state index >= 15 is 0 Å². The van der Waals surface area contributed by atoms with E-state index in [-0.39, 0.29) is 30.1 Å². The molecule has 8 nitrogen and oxygen atoms in total. The molecule has 212 valence electrons. The number of ether oxygens (including phenoxy) is 2. The summed E-state index contributed by atoms with van der Waals surface area (Å²) in [5.41, 5.74) is 5.65. The minimum atomic E-state index is -0.175. The summed E-state index contributed by atoms with van der Waals surface area (Å²) in [5, 5.41) is 7.47. The van der Waals surface area contributed by atoms with Gasteiger partial charge in [-0.05, 0) is 80.3 Å². The van der Waals surface area contributed by atoms with Gasteiger partial charge in [0, 0.05) is 38.3 Å². The molecule has 2 aliphatic rings. The van der Waals surface area contributed by atoms with Crippen molar-refractivity contribution in [2.45, 2.75) is 58.1 Å². The fourth-order valence-electron chi connectivity index (χ4n) is 5.68. The van der Waals surface area contributed by atoms with Gasteiger partial charge in [0.1, 0.15) is 10.8 Å². The monoisotopic (exact) mass is 562 g/mol. The van der Waals surface area contributed by atoms with E-state index in [9.17, 15) is 9.59 Å². The van der Waals surface area contributed by atoms with Crippen molar-refractivity contribution >= 4 is 29.0 Å². The number of amides is 2. The predicted molar refractivity (Wildman–Crippen MR) is 159 cm³/mol. The molecule has 40 heavy (non-hydrogen) atoms. The topological polar surface area (TPSA) is 92.8 Å². The average Bonchev–Trinajstić information content (AvgIpc) is 3.61. The highest BCUT2D eigenvalue weighted by Crippen LogP contribution is 2.42. The van der Waals surface area contributed by atoms with Crippen LogP contribution >= 0.6 is 11.3 Å². The third-order valence-corrected chi connectivity index (χ3v) is 8.86. The number of nitrogens with one attached hydrogen (secondary N) is 2. The molecule has 2 amide bonds. The van der Waals surface area contributed by atoms with Crippen LogP contribution < -0.4 is 15.4 Å². The molecule has 1 saturated heterocycles. The lowest BCUT2D eigenvalue weighted by molar-refractivity contribution is -0.142. The van der Waals surface area contributed by atoms with Crippen LogP contribution in [0.15, 0.2) is 42.6 Å². The molecule has 1 fully saturated rings. The van der Waals surface area contributed by atoms with Crippen molar-refractivity contribution in [1.82, 2.24) is 15.2 Å². The van der Waals surface area contributed by atoms with E-state index in [2.05, 4.69) is 41.0 Å².